The molecule has 0 aliphatic heterocycles. The molecule has 0 atom stereocenters. The number of amides is 1. The van der Waals surface area contributed by atoms with Gasteiger partial charge in [0, 0.05) is 18.8 Å². The standard InChI is InChI=1S/C16H21N5O6/c1-18-14(11-17-15(18)21(25)26)20(16(24)27-2)13-5-3-12(4-6-13)19(7-9-22)8-10-23/h3-6,11,22-23H,7-10H2,1-2H3. The number of rotatable bonds is 8. The van der Waals surface area contributed by atoms with Crippen LogP contribution in [0.1, 0.15) is 0 Å². The Labute approximate surface area is 155 Å². The predicted octanol–water partition coefficient (Wildman–Crippen LogP) is 1.02. The fourth-order valence-corrected chi connectivity index (χ4v) is 2.61. The zero-order chi connectivity index (χ0) is 20.0. The maximum absolute atomic E-state index is 12.3. The molecule has 27 heavy (non-hydrogen) atoms. The van der Waals surface area contributed by atoms with Crippen molar-refractivity contribution in [3.63, 3.8) is 0 Å². The van der Waals surface area contributed by atoms with Gasteiger partial charge in [-0.15, -0.1) is 0 Å². The number of methoxy groups -OCH3 is 1. The number of nitrogens with zero attached hydrogens (tertiary/aromatic N) is 5. The number of hydrogen-bond donors (Lipinski definition) is 2. The predicted molar refractivity (Wildman–Crippen MR) is 97.2 cm³/mol. The molecule has 0 saturated carbocycles. The Hall–Kier alpha value is -3.18. The summed E-state index contributed by atoms with van der Waals surface area (Å²) >= 11 is 0. The normalized spacial score (nSPS) is 10.5. The van der Waals surface area contributed by atoms with Gasteiger partial charge in [-0.05, 0) is 29.2 Å². The largest absolute Gasteiger partial charge is 0.452 e. The number of anilines is 3. The molecule has 1 aromatic heterocycles. The van der Waals surface area contributed by atoms with Gasteiger partial charge in [-0.1, -0.05) is 4.98 Å². The minimum absolute atomic E-state index is 0.0747. The Morgan fingerprint density at radius 3 is 2.22 bits per heavy atom. The second kappa shape index (κ2) is 8.96. The lowest BCUT2D eigenvalue weighted by Crippen LogP contribution is -2.30. The summed E-state index contributed by atoms with van der Waals surface area (Å²) in [5.41, 5.74) is 1.15. The van der Waals surface area contributed by atoms with E-state index in [-0.39, 0.29) is 19.0 Å². The SMILES string of the molecule is COC(=O)N(c1ccc(N(CCO)CCO)cc1)c1cnc([N+](=O)[O-])n1C. The Morgan fingerprint density at radius 1 is 1.22 bits per heavy atom. The van der Waals surface area contributed by atoms with E-state index in [0.29, 0.717) is 18.8 Å². The Bertz CT molecular complexity index is 785. The van der Waals surface area contributed by atoms with Gasteiger partial charge in [0.25, 0.3) is 0 Å². The number of nitro groups is 1. The summed E-state index contributed by atoms with van der Waals surface area (Å²) in [5.74, 6) is -0.239. The molecule has 11 heteroatoms. The lowest BCUT2D eigenvalue weighted by molar-refractivity contribution is -0.396. The number of ether oxygens (including phenoxy) is 1. The van der Waals surface area contributed by atoms with Crippen LogP contribution < -0.4 is 9.80 Å². The molecule has 0 saturated heterocycles. The molecule has 1 amide bonds. The zero-order valence-electron chi connectivity index (χ0n) is 15.0. The van der Waals surface area contributed by atoms with Crippen molar-refractivity contribution in [2.24, 2.45) is 7.05 Å². The smallest absolute Gasteiger partial charge is 0.436 e. The molecule has 2 N–H and O–H groups in total. The second-order valence-corrected chi connectivity index (χ2v) is 5.49. The molecular formula is C16H21N5O6. The number of carbonyl (C=O) groups excluding carboxylic acids is 1. The summed E-state index contributed by atoms with van der Waals surface area (Å²) in [6, 6.07) is 6.68. The van der Waals surface area contributed by atoms with Gasteiger partial charge in [0.2, 0.25) is 5.82 Å². The van der Waals surface area contributed by atoms with Crippen molar-refractivity contribution in [3.05, 3.63) is 40.6 Å². The van der Waals surface area contributed by atoms with E-state index >= 15 is 0 Å². The molecule has 146 valence electrons. The fourth-order valence-electron chi connectivity index (χ4n) is 2.61. The molecule has 0 radical (unpaired) electrons. The van der Waals surface area contributed by atoms with Gasteiger partial charge in [-0.2, -0.15) is 0 Å². The number of aromatic nitrogens is 2. The van der Waals surface area contributed by atoms with Crippen molar-refractivity contribution in [1.29, 1.82) is 0 Å². The highest BCUT2D eigenvalue weighted by Crippen LogP contribution is 2.30. The number of aliphatic hydroxyl groups is 2. The third-order valence-electron chi connectivity index (χ3n) is 3.90. The van der Waals surface area contributed by atoms with E-state index in [1.807, 2.05) is 0 Å². The molecule has 0 aliphatic carbocycles. The molecule has 1 heterocycles. The van der Waals surface area contributed by atoms with E-state index in [1.54, 1.807) is 29.2 Å². The van der Waals surface area contributed by atoms with Gasteiger partial charge < -0.3 is 30.0 Å². The van der Waals surface area contributed by atoms with Gasteiger partial charge in [0.15, 0.2) is 6.20 Å². The van der Waals surface area contributed by atoms with Crippen LogP contribution in [-0.4, -0.2) is 64.2 Å². The zero-order valence-corrected chi connectivity index (χ0v) is 15.0. The Morgan fingerprint density at radius 2 is 1.78 bits per heavy atom. The van der Waals surface area contributed by atoms with Crippen LogP contribution >= 0.6 is 0 Å². The lowest BCUT2D eigenvalue weighted by Gasteiger charge is -2.24. The molecule has 0 fully saturated rings. The van der Waals surface area contributed by atoms with Crippen molar-refractivity contribution in [3.8, 4) is 0 Å². The van der Waals surface area contributed by atoms with Crippen LogP contribution in [0.25, 0.3) is 0 Å². The minimum atomic E-state index is -0.733. The molecule has 0 bridgehead atoms. The van der Waals surface area contributed by atoms with E-state index in [9.17, 15) is 14.9 Å². The number of imidazole rings is 1. The summed E-state index contributed by atoms with van der Waals surface area (Å²) in [4.78, 5) is 29.3. The van der Waals surface area contributed by atoms with Crippen LogP contribution in [0.15, 0.2) is 30.5 Å². The highest BCUT2D eigenvalue weighted by molar-refractivity contribution is 5.95. The van der Waals surface area contributed by atoms with E-state index in [2.05, 4.69) is 4.98 Å². The molecular weight excluding hydrogens is 358 g/mol. The fraction of sp³-hybridized carbons (Fsp3) is 0.375. The summed E-state index contributed by atoms with van der Waals surface area (Å²) in [7, 11) is 2.63. The maximum atomic E-state index is 12.3. The molecule has 1 aromatic carbocycles. The maximum Gasteiger partial charge on any atom is 0.436 e. The van der Waals surface area contributed by atoms with Crippen molar-refractivity contribution < 1.29 is 24.7 Å². The summed E-state index contributed by atoms with van der Waals surface area (Å²) in [6.07, 6.45) is 0.482. The van der Waals surface area contributed by atoms with E-state index in [4.69, 9.17) is 14.9 Å². The number of aliphatic hydroxyl groups excluding tert-OH is 2. The Kier molecular flexibility index (Phi) is 6.68. The molecule has 2 rings (SSSR count). The minimum Gasteiger partial charge on any atom is -0.452 e. The molecule has 0 spiro atoms. The van der Waals surface area contributed by atoms with Crippen LogP contribution in [0.4, 0.5) is 27.9 Å². The first-order chi connectivity index (χ1) is 12.9. The van der Waals surface area contributed by atoms with Crippen molar-refractivity contribution in [1.82, 2.24) is 9.55 Å². The Balaban J connectivity index is 2.40. The average Bonchev–Trinajstić information content (AvgIpc) is 3.04. The van der Waals surface area contributed by atoms with Crippen molar-refractivity contribution in [2.75, 3.05) is 43.2 Å². The van der Waals surface area contributed by atoms with Crippen LogP contribution in [0.5, 0.6) is 0 Å². The third kappa shape index (κ3) is 4.33. The summed E-state index contributed by atoms with van der Waals surface area (Å²) < 4.78 is 5.98. The van der Waals surface area contributed by atoms with Gasteiger partial charge in [-0.3, -0.25) is 0 Å². The van der Waals surface area contributed by atoms with Gasteiger partial charge in [0.05, 0.1) is 33.1 Å². The summed E-state index contributed by atoms with van der Waals surface area (Å²) in [6.45, 7) is 0.534. The van der Waals surface area contributed by atoms with Gasteiger partial charge in [0.1, 0.15) is 0 Å². The van der Waals surface area contributed by atoms with Crippen LogP contribution in [0, 0.1) is 10.1 Å². The highest BCUT2D eigenvalue weighted by Gasteiger charge is 2.28. The van der Waals surface area contributed by atoms with Gasteiger partial charge in [-0.25, -0.2) is 14.3 Å². The highest BCUT2D eigenvalue weighted by atomic mass is 16.6. The van der Waals surface area contributed by atoms with Crippen molar-refractivity contribution in [2.45, 2.75) is 0 Å². The second-order valence-electron chi connectivity index (χ2n) is 5.49. The first kappa shape index (κ1) is 20.1. The van der Waals surface area contributed by atoms with Crippen LogP contribution in [0.3, 0.4) is 0 Å². The van der Waals surface area contributed by atoms with E-state index < -0.39 is 17.0 Å². The number of hydrogen-bond acceptors (Lipinski definition) is 8. The third-order valence-corrected chi connectivity index (χ3v) is 3.90. The van der Waals surface area contributed by atoms with E-state index in [0.717, 1.165) is 10.6 Å². The monoisotopic (exact) mass is 379 g/mol. The molecule has 0 aliphatic rings. The topological polar surface area (TPSA) is 134 Å². The van der Waals surface area contributed by atoms with Crippen LogP contribution in [0.2, 0.25) is 0 Å². The quantitative estimate of drug-likeness (QED) is 0.513. The number of benzene rings is 1. The molecule has 11 nitrogen and oxygen atoms in total. The van der Waals surface area contributed by atoms with Crippen molar-refractivity contribution >= 4 is 29.2 Å². The van der Waals surface area contributed by atoms with Gasteiger partial charge >= 0.3 is 12.0 Å². The van der Waals surface area contributed by atoms with E-state index in [1.165, 1.54) is 24.9 Å². The van der Waals surface area contributed by atoms with Crippen LogP contribution in [-0.2, 0) is 11.8 Å². The molecule has 0 unspecified atom stereocenters. The average molecular weight is 379 g/mol. The lowest BCUT2D eigenvalue weighted by atomic mass is 10.2. The first-order valence-electron chi connectivity index (χ1n) is 8.05. The first-order valence-corrected chi connectivity index (χ1v) is 8.05. The molecule has 2 aromatic rings. The number of carbonyl (C=O) groups is 1. The summed E-state index contributed by atoms with van der Waals surface area (Å²) in [5, 5.41) is 29.3.